The van der Waals surface area contributed by atoms with Crippen LogP contribution in [-0.2, 0) is 5.41 Å². The smallest absolute Gasteiger partial charge is 0.119 e. The highest BCUT2D eigenvalue weighted by Crippen LogP contribution is 2.24. The second-order valence-corrected chi connectivity index (χ2v) is 7.94. The van der Waals surface area contributed by atoms with Crippen LogP contribution in [0.4, 0.5) is 5.69 Å². The molecule has 2 atom stereocenters. The Balaban J connectivity index is 1.82. The average molecular weight is 356 g/mol. The van der Waals surface area contributed by atoms with Gasteiger partial charge in [-0.25, -0.2) is 0 Å². The third kappa shape index (κ3) is 6.29. The van der Waals surface area contributed by atoms with Crippen LogP contribution in [0.1, 0.15) is 53.5 Å². The number of ether oxygens (including phenoxy) is 2. The minimum absolute atomic E-state index is 0.0755. The normalized spacial score (nSPS) is 13.8. The van der Waals surface area contributed by atoms with Crippen LogP contribution < -0.4 is 14.8 Å². The molecule has 2 aromatic carbocycles. The summed E-state index contributed by atoms with van der Waals surface area (Å²) in [6.07, 6.45) is 1.32. The van der Waals surface area contributed by atoms with Crippen LogP contribution in [0.25, 0.3) is 0 Å². The van der Waals surface area contributed by atoms with Crippen molar-refractivity contribution in [1.29, 1.82) is 0 Å². The summed E-state index contributed by atoms with van der Waals surface area (Å²) in [6, 6.07) is 16.5. The Morgan fingerprint density at radius 2 is 1.31 bits per heavy atom. The zero-order valence-corrected chi connectivity index (χ0v) is 17.0. The molecule has 26 heavy (non-hydrogen) atoms. The van der Waals surface area contributed by atoms with Crippen molar-refractivity contribution in [2.24, 2.45) is 0 Å². The van der Waals surface area contributed by atoms with Crippen LogP contribution in [0.5, 0.6) is 11.5 Å². The number of hydrogen-bond acceptors (Lipinski definition) is 3. The number of rotatable bonds is 8. The van der Waals surface area contributed by atoms with Gasteiger partial charge in [0.25, 0.3) is 0 Å². The van der Waals surface area contributed by atoms with Crippen molar-refractivity contribution in [2.45, 2.75) is 65.6 Å². The fraction of sp³-hybridized carbons (Fsp3) is 0.478. The summed E-state index contributed by atoms with van der Waals surface area (Å²) in [7, 11) is 0. The SMILES string of the molecule is CCC(C)Oc1ccc(NCC(C)Oc2ccc(C(C)(C)C)cc2)cc1. The van der Waals surface area contributed by atoms with E-state index in [0.29, 0.717) is 0 Å². The molecule has 3 nitrogen and oxygen atoms in total. The Kier molecular flexibility index (Phi) is 6.96. The fourth-order valence-corrected chi connectivity index (χ4v) is 2.54. The molecule has 0 amide bonds. The molecule has 0 aliphatic carbocycles. The Morgan fingerprint density at radius 1 is 0.808 bits per heavy atom. The van der Waals surface area contributed by atoms with E-state index >= 15 is 0 Å². The summed E-state index contributed by atoms with van der Waals surface area (Å²) in [5.41, 5.74) is 2.55. The number of hydrogen-bond donors (Lipinski definition) is 1. The van der Waals surface area contributed by atoms with E-state index in [1.165, 1.54) is 5.56 Å². The van der Waals surface area contributed by atoms with Crippen LogP contribution in [-0.4, -0.2) is 18.8 Å². The van der Waals surface area contributed by atoms with Gasteiger partial charge in [0, 0.05) is 5.69 Å². The molecule has 0 heterocycles. The lowest BCUT2D eigenvalue weighted by Gasteiger charge is -2.20. The molecular formula is C23H33NO2. The van der Waals surface area contributed by atoms with E-state index < -0.39 is 0 Å². The molecule has 1 N–H and O–H groups in total. The molecule has 0 saturated heterocycles. The summed E-state index contributed by atoms with van der Waals surface area (Å²) in [5.74, 6) is 1.82. The van der Waals surface area contributed by atoms with Crippen LogP contribution in [0.15, 0.2) is 48.5 Å². The highest BCUT2D eigenvalue weighted by molar-refractivity contribution is 5.46. The Labute approximate surface area is 158 Å². The lowest BCUT2D eigenvalue weighted by atomic mass is 9.87. The third-order valence-corrected chi connectivity index (χ3v) is 4.42. The molecule has 0 bridgehead atoms. The first-order valence-corrected chi connectivity index (χ1v) is 9.55. The first-order valence-electron chi connectivity index (χ1n) is 9.55. The minimum atomic E-state index is 0.0755. The summed E-state index contributed by atoms with van der Waals surface area (Å²) >= 11 is 0. The molecule has 0 radical (unpaired) electrons. The third-order valence-electron chi connectivity index (χ3n) is 4.42. The lowest BCUT2D eigenvalue weighted by molar-refractivity contribution is 0.217. The van der Waals surface area contributed by atoms with Crippen molar-refractivity contribution < 1.29 is 9.47 Å². The van der Waals surface area contributed by atoms with Crippen molar-refractivity contribution in [3.8, 4) is 11.5 Å². The predicted molar refractivity (Wildman–Crippen MR) is 111 cm³/mol. The molecule has 0 spiro atoms. The number of nitrogens with one attached hydrogen (secondary N) is 1. The highest BCUT2D eigenvalue weighted by Gasteiger charge is 2.13. The maximum absolute atomic E-state index is 6.01. The van der Waals surface area contributed by atoms with E-state index in [1.54, 1.807) is 0 Å². The quantitative estimate of drug-likeness (QED) is 0.626. The van der Waals surface area contributed by atoms with Crippen molar-refractivity contribution in [3.63, 3.8) is 0 Å². The molecule has 2 unspecified atom stereocenters. The van der Waals surface area contributed by atoms with E-state index in [0.717, 1.165) is 30.2 Å². The molecule has 142 valence electrons. The largest absolute Gasteiger partial charge is 0.491 e. The molecule has 0 fully saturated rings. The first-order chi connectivity index (χ1) is 12.3. The fourth-order valence-electron chi connectivity index (χ4n) is 2.54. The standard InChI is InChI=1S/C23H33NO2/c1-7-17(2)25-22-14-10-20(11-15-22)24-16-18(3)26-21-12-8-19(9-13-21)23(4,5)6/h8-15,17-18,24H,7,16H2,1-6H3. The Bertz CT molecular complexity index is 656. The first kappa shape index (κ1) is 20.2. The Morgan fingerprint density at radius 3 is 1.81 bits per heavy atom. The molecule has 0 aliphatic rings. The van der Waals surface area contributed by atoms with Crippen LogP contribution >= 0.6 is 0 Å². The van der Waals surface area contributed by atoms with Gasteiger partial charge in [0.05, 0.1) is 12.6 Å². The predicted octanol–water partition coefficient (Wildman–Crippen LogP) is 6.04. The Hall–Kier alpha value is -2.16. The molecule has 2 rings (SSSR count). The summed E-state index contributed by atoms with van der Waals surface area (Å²) in [5, 5.41) is 3.41. The monoisotopic (exact) mass is 355 g/mol. The maximum atomic E-state index is 6.01. The summed E-state index contributed by atoms with van der Waals surface area (Å²) in [6.45, 7) is 13.7. The molecule has 0 aliphatic heterocycles. The second kappa shape index (κ2) is 8.98. The van der Waals surface area contributed by atoms with Gasteiger partial charge in [-0.1, -0.05) is 39.8 Å². The van der Waals surface area contributed by atoms with Crippen molar-refractivity contribution >= 4 is 5.69 Å². The molecular weight excluding hydrogens is 322 g/mol. The van der Waals surface area contributed by atoms with Crippen LogP contribution in [0.2, 0.25) is 0 Å². The maximum Gasteiger partial charge on any atom is 0.119 e. The van der Waals surface area contributed by atoms with Gasteiger partial charge in [-0.05, 0) is 67.6 Å². The van der Waals surface area contributed by atoms with Gasteiger partial charge in [0.2, 0.25) is 0 Å². The van der Waals surface area contributed by atoms with E-state index in [1.807, 2.05) is 24.3 Å². The zero-order valence-electron chi connectivity index (χ0n) is 17.0. The molecule has 2 aromatic rings. The summed E-state index contributed by atoms with van der Waals surface area (Å²) in [4.78, 5) is 0. The van der Waals surface area contributed by atoms with Crippen LogP contribution in [0, 0.1) is 0 Å². The topological polar surface area (TPSA) is 30.5 Å². The second-order valence-electron chi connectivity index (χ2n) is 7.94. The van der Waals surface area contributed by atoms with Gasteiger partial charge in [-0.15, -0.1) is 0 Å². The van der Waals surface area contributed by atoms with E-state index in [2.05, 4.69) is 71.1 Å². The number of benzene rings is 2. The van der Waals surface area contributed by atoms with Gasteiger partial charge in [-0.2, -0.15) is 0 Å². The van der Waals surface area contributed by atoms with Crippen molar-refractivity contribution in [1.82, 2.24) is 0 Å². The van der Waals surface area contributed by atoms with Crippen molar-refractivity contribution in [2.75, 3.05) is 11.9 Å². The molecule has 0 aromatic heterocycles. The van der Waals surface area contributed by atoms with E-state index in [-0.39, 0.29) is 17.6 Å². The van der Waals surface area contributed by atoms with Gasteiger partial charge < -0.3 is 14.8 Å². The lowest BCUT2D eigenvalue weighted by Crippen LogP contribution is -2.22. The van der Waals surface area contributed by atoms with Crippen LogP contribution in [0.3, 0.4) is 0 Å². The molecule has 3 heteroatoms. The van der Waals surface area contributed by atoms with Gasteiger partial charge in [-0.3, -0.25) is 0 Å². The highest BCUT2D eigenvalue weighted by atomic mass is 16.5. The minimum Gasteiger partial charge on any atom is -0.491 e. The van der Waals surface area contributed by atoms with Gasteiger partial charge in [0.1, 0.15) is 17.6 Å². The number of anilines is 1. The van der Waals surface area contributed by atoms with E-state index in [4.69, 9.17) is 9.47 Å². The van der Waals surface area contributed by atoms with E-state index in [9.17, 15) is 0 Å². The summed E-state index contributed by atoms with van der Waals surface area (Å²) < 4.78 is 11.8. The zero-order chi connectivity index (χ0) is 19.2. The van der Waals surface area contributed by atoms with Crippen molar-refractivity contribution in [3.05, 3.63) is 54.1 Å². The van der Waals surface area contributed by atoms with Gasteiger partial charge >= 0.3 is 0 Å². The molecule has 0 saturated carbocycles. The average Bonchev–Trinajstić information content (AvgIpc) is 2.60. The van der Waals surface area contributed by atoms with Gasteiger partial charge in [0.15, 0.2) is 0 Å².